The van der Waals surface area contributed by atoms with Crippen LogP contribution in [0.15, 0.2) is 97.2 Å². The topological polar surface area (TPSA) is 33.2 Å². The third-order valence-electron chi connectivity index (χ3n) is 4.81. The average Bonchev–Trinajstić information content (AvgIpc) is 2.74. The highest BCUT2D eigenvalue weighted by Gasteiger charge is 2.26. The first kappa shape index (κ1) is 17.0. The van der Waals surface area contributed by atoms with Crippen molar-refractivity contribution in [2.75, 3.05) is 7.05 Å². The number of hydrogen-bond donors (Lipinski definition) is 0. The zero-order valence-electron chi connectivity index (χ0n) is 15.1. The zero-order valence-corrected chi connectivity index (χ0v) is 15.1. The molecule has 0 N–H and O–H groups in total. The van der Waals surface area contributed by atoms with Crippen LogP contribution in [-0.4, -0.2) is 22.8 Å². The number of amides is 1. The summed E-state index contributed by atoms with van der Waals surface area (Å²) >= 11 is 0. The molecule has 1 heterocycles. The lowest BCUT2D eigenvalue weighted by atomic mass is 9.99. The smallest absolute Gasteiger partial charge is 0.255 e. The van der Waals surface area contributed by atoms with Gasteiger partial charge in [0, 0.05) is 18.8 Å². The second-order valence-electron chi connectivity index (χ2n) is 6.51. The molecule has 3 heteroatoms. The van der Waals surface area contributed by atoms with Crippen molar-refractivity contribution in [1.82, 2.24) is 9.88 Å². The predicted octanol–water partition coefficient (Wildman–Crippen LogP) is 5.10. The highest BCUT2D eigenvalue weighted by atomic mass is 16.2. The molecule has 0 radical (unpaired) electrons. The van der Waals surface area contributed by atoms with Gasteiger partial charge in [-0.3, -0.25) is 9.78 Å². The molecule has 3 nitrogen and oxygen atoms in total. The molecule has 3 aromatic carbocycles. The summed E-state index contributed by atoms with van der Waals surface area (Å²) in [6.45, 7) is 0. The van der Waals surface area contributed by atoms with Gasteiger partial charge in [0.25, 0.3) is 5.91 Å². The fourth-order valence-corrected chi connectivity index (χ4v) is 3.48. The number of carbonyl (C=O) groups excluding carboxylic acids is 1. The van der Waals surface area contributed by atoms with Gasteiger partial charge in [-0.05, 0) is 34.5 Å². The van der Waals surface area contributed by atoms with Crippen molar-refractivity contribution in [2.24, 2.45) is 0 Å². The second-order valence-corrected chi connectivity index (χ2v) is 6.51. The minimum Gasteiger partial charge on any atom is -0.329 e. The van der Waals surface area contributed by atoms with Gasteiger partial charge in [0.15, 0.2) is 0 Å². The van der Waals surface area contributed by atoms with E-state index in [2.05, 4.69) is 4.98 Å². The van der Waals surface area contributed by atoms with Gasteiger partial charge in [0.1, 0.15) is 0 Å². The van der Waals surface area contributed by atoms with Gasteiger partial charge in [-0.1, -0.05) is 72.8 Å². The van der Waals surface area contributed by atoms with Gasteiger partial charge in [-0.25, -0.2) is 0 Å². The third kappa shape index (κ3) is 3.32. The molecule has 27 heavy (non-hydrogen) atoms. The van der Waals surface area contributed by atoms with E-state index in [1.165, 1.54) is 0 Å². The van der Waals surface area contributed by atoms with Crippen molar-refractivity contribution in [3.8, 4) is 0 Å². The maximum atomic E-state index is 13.4. The quantitative estimate of drug-likeness (QED) is 0.512. The van der Waals surface area contributed by atoms with Crippen LogP contribution in [0, 0.1) is 0 Å². The number of fused-ring (bicyclic) bond motifs is 1. The van der Waals surface area contributed by atoms with Gasteiger partial charge >= 0.3 is 0 Å². The van der Waals surface area contributed by atoms with E-state index in [1.807, 2.05) is 98.0 Å². The standard InChI is InChI=1S/C24H20N2O/c1-26(24(27)21-15-9-13-18-10-5-6-14-20(18)21)23(19-11-3-2-4-12-19)22-16-7-8-17-25-22/h2-17,23H,1H3. The number of carbonyl (C=O) groups is 1. The van der Waals surface area contributed by atoms with Gasteiger partial charge in [0.05, 0.1) is 11.7 Å². The summed E-state index contributed by atoms with van der Waals surface area (Å²) in [5.74, 6) is -0.0219. The van der Waals surface area contributed by atoms with E-state index in [-0.39, 0.29) is 11.9 Å². The van der Waals surface area contributed by atoms with Gasteiger partial charge in [-0.2, -0.15) is 0 Å². The van der Waals surface area contributed by atoms with Crippen LogP contribution in [-0.2, 0) is 0 Å². The van der Waals surface area contributed by atoms with Crippen LogP contribution < -0.4 is 0 Å². The molecule has 4 rings (SSSR count). The lowest BCUT2D eigenvalue weighted by molar-refractivity contribution is 0.0754. The predicted molar refractivity (Wildman–Crippen MR) is 109 cm³/mol. The molecule has 0 spiro atoms. The summed E-state index contributed by atoms with van der Waals surface area (Å²) in [7, 11) is 1.84. The summed E-state index contributed by atoms with van der Waals surface area (Å²) in [4.78, 5) is 19.7. The molecule has 0 bridgehead atoms. The van der Waals surface area contributed by atoms with E-state index in [4.69, 9.17) is 0 Å². The summed E-state index contributed by atoms with van der Waals surface area (Å²) in [6, 6.07) is 29.4. The molecule has 1 amide bonds. The maximum absolute atomic E-state index is 13.4. The Labute approximate surface area is 158 Å². The van der Waals surface area contributed by atoms with Gasteiger partial charge in [0.2, 0.25) is 0 Å². The van der Waals surface area contributed by atoms with E-state index < -0.39 is 0 Å². The lowest BCUT2D eigenvalue weighted by Gasteiger charge is -2.29. The number of aromatic nitrogens is 1. The lowest BCUT2D eigenvalue weighted by Crippen LogP contribution is -2.32. The highest BCUT2D eigenvalue weighted by Crippen LogP contribution is 2.29. The van der Waals surface area contributed by atoms with E-state index in [0.29, 0.717) is 5.56 Å². The molecule has 1 atom stereocenters. The monoisotopic (exact) mass is 352 g/mol. The van der Waals surface area contributed by atoms with Crippen LogP contribution in [0.25, 0.3) is 10.8 Å². The first-order valence-corrected chi connectivity index (χ1v) is 8.96. The Balaban J connectivity index is 1.79. The van der Waals surface area contributed by atoms with Crippen molar-refractivity contribution in [2.45, 2.75) is 6.04 Å². The maximum Gasteiger partial charge on any atom is 0.255 e. The van der Waals surface area contributed by atoms with Crippen LogP contribution in [0.4, 0.5) is 0 Å². The molecule has 0 aliphatic carbocycles. The fourth-order valence-electron chi connectivity index (χ4n) is 3.48. The second kappa shape index (κ2) is 7.42. The SMILES string of the molecule is CN(C(=O)c1cccc2ccccc12)C(c1ccccc1)c1ccccn1. The van der Waals surface area contributed by atoms with Crippen LogP contribution >= 0.6 is 0 Å². The molecular formula is C24H20N2O. The average molecular weight is 352 g/mol. The first-order valence-electron chi connectivity index (χ1n) is 8.96. The molecule has 132 valence electrons. The van der Waals surface area contributed by atoms with Gasteiger partial charge < -0.3 is 4.90 Å². The summed E-state index contributed by atoms with van der Waals surface area (Å²) in [5, 5.41) is 2.02. The van der Waals surface area contributed by atoms with Crippen LogP contribution in [0.2, 0.25) is 0 Å². The Bertz CT molecular complexity index is 1020. The minimum absolute atomic E-state index is 0.0219. The number of nitrogens with zero attached hydrogens (tertiary/aromatic N) is 2. The molecule has 0 saturated heterocycles. The Morgan fingerprint density at radius 1 is 0.815 bits per heavy atom. The number of benzene rings is 3. The van der Waals surface area contributed by atoms with Crippen molar-refractivity contribution in [1.29, 1.82) is 0 Å². The molecule has 0 saturated carbocycles. The van der Waals surface area contributed by atoms with E-state index in [9.17, 15) is 4.79 Å². The summed E-state index contributed by atoms with van der Waals surface area (Å²) in [6.07, 6.45) is 1.77. The van der Waals surface area contributed by atoms with Crippen LogP contribution in [0.3, 0.4) is 0 Å². The number of rotatable bonds is 4. The highest BCUT2D eigenvalue weighted by molar-refractivity contribution is 6.07. The summed E-state index contributed by atoms with van der Waals surface area (Å²) in [5.41, 5.74) is 2.58. The van der Waals surface area contributed by atoms with E-state index >= 15 is 0 Å². The molecular weight excluding hydrogens is 332 g/mol. The fraction of sp³-hybridized carbons (Fsp3) is 0.0833. The number of hydrogen-bond acceptors (Lipinski definition) is 2. The molecule has 0 aliphatic rings. The van der Waals surface area contributed by atoms with Crippen molar-refractivity contribution < 1.29 is 4.79 Å². The van der Waals surface area contributed by atoms with Crippen LogP contribution in [0.5, 0.6) is 0 Å². The summed E-state index contributed by atoms with van der Waals surface area (Å²) < 4.78 is 0. The zero-order chi connectivity index (χ0) is 18.6. The van der Waals surface area contributed by atoms with Crippen molar-refractivity contribution in [3.63, 3.8) is 0 Å². The number of pyridine rings is 1. The first-order chi connectivity index (χ1) is 13.3. The Kier molecular flexibility index (Phi) is 4.67. The molecule has 1 aromatic heterocycles. The molecule has 1 unspecified atom stereocenters. The third-order valence-corrected chi connectivity index (χ3v) is 4.81. The minimum atomic E-state index is -0.251. The Morgan fingerprint density at radius 2 is 1.52 bits per heavy atom. The van der Waals surface area contributed by atoms with Crippen molar-refractivity contribution in [3.05, 3.63) is 114 Å². The van der Waals surface area contributed by atoms with E-state index in [0.717, 1.165) is 22.0 Å². The largest absolute Gasteiger partial charge is 0.329 e. The molecule has 0 fully saturated rings. The Hall–Kier alpha value is -3.46. The molecule has 4 aromatic rings. The van der Waals surface area contributed by atoms with E-state index in [1.54, 1.807) is 11.1 Å². The van der Waals surface area contributed by atoms with Crippen molar-refractivity contribution >= 4 is 16.7 Å². The van der Waals surface area contributed by atoms with Crippen LogP contribution in [0.1, 0.15) is 27.7 Å². The van der Waals surface area contributed by atoms with Gasteiger partial charge in [-0.15, -0.1) is 0 Å². The Morgan fingerprint density at radius 3 is 2.30 bits per heavy atom. The normalized spacial score (nSPS) is 11.9. The molecule has 0 aliphatic heterocycles.